The van der Waals surface area contributed by atoms with Gasteiger partial charge in [-0.3, -0.25) is 0 Å². The maximum atomic E-state index is 3.60. The lowest BCUT2D eigenvalue weighted by molar-refractivity contribution is 0.545. The average Bonchev–Trinajstić information content (AvgIpc) is 2.54. The number of rotatable bonds is 5. The Hall–Kier alpha value is -2.12. The number of hydrogen-bond donors (Lipinski definition) is 1. The largest absolute Gasteiger partial charge is 0.310 e. The zero-order chi connectivity index (χ0) is 14.5. The molecule has 106 valence electrons. The molecular formula is C20H21N. The smallest absolute Gasteiger partial charge is 0.0208 e. The maximum absolute atomic E-state index is 3.60. The third-order valence-corrected chi connectivity index (χ3v) is 3.85. The first-order valence-corrected chi connectivity index (χ1v) is 7.56. The first-order chi connectivity index (χ1) is 10.3. The van der Waals surface area contributed by atoms with Crippen LogP contribution in [0.25, 0.3) is 10.8 Å². The molecule has 1 N–H and O–H groups in total. The van der Waals surface area contributed by atoms with Crippen LogP contribution in [-0.2, 0) is 13.0 Å². The molecule has 0 aliphatic heterocycles. The Bertz CT molecular complexity index is 703. The van der Waals surface area contributed by atoms with Gasteiger partial charge in [0.2, 0.25) is 0 Å². The van der Waals surface area contributed by atoms with Crippen molar-refractivity contribution >= 4 is 10.8 Å². The summed E-state index contributed by atoms with van der Waals surface area (Å²) in [6.07, 6.45) is 1.05. The second-order valence-electron chi connectivity index (χ2n) is 5.65. The molecule has 0 aliphatic rings. The zero-order valence-electron chi connectivity index (χ0n) is 12.4. The van der Waals surface area contributed by atoms with Crippen molar-refractivity contribution in [2.45, 2.75) is 25.9 Å². The van der Waals surface area contributed by atoms with Crippen molar-refractivity contribution in [3.05, 3.63) is 83.9 Å². The molecular weight excluding hydrogens is 254 g/mol. The van der Waals surface area contributed by atoms with E-state index in [9.17, 15) is 0 Å². The van der Waals surface area contributed by atoms with Crippen LogP contribution in [0, 0.1) is 0 Å². The standard InChI is InChI=1S/C20H21N/c1-16(21-15-17-7-3-2-4-8-17)13-18-11-12-19-9-5-6-10-20(19)14-18/h2-12,14,16,21H,13,15H2,1H3/t16-/m1/s1. The summed E-state index contributed by atoms with van der Waals surface area (Å²) in [6.45, 7) is 3.17. The van der Waals surface area contributed by atoms with E-state index < -0.39 is 0 Å². The number of fused-ring (bicyclic) bond motifs is 1. The fraction of sp³-hybridized carbons (Fsp3) is 0.200. The third kappa shape index (κ3) is 3.71. The van der Waals surface area contributed by atoms with E-state index in [1.807, 2.05) is 0 Å². The summed E-state index contributed by atoms with van der Waals surface area (Å²) in [5, 5.41) is 6.23. The molecule has 0 aliphatic carbocycles. The van der Waals surface area contributed by atoms with Crippen LogP contribution < -0.4 is 5.32 Å². The summed E-state index contributed by atoms with van der Waals surface area (Å²) < 4.78 is 0. The first-order valence-electron chi connectivity index (χ1n) is 7.56. The van der Waals surface area contributed by atoms with E-state index in [4.69, 9.17) is 0 Å². The molecule has 0 fully saturated rings. The minimum Gasteiger partial charge on any atom is -0.310 e. The fourth-order valence-electron chi connectivity index (χ4n) is 2.68. The number of nitrogens with one attached hydrogen (secondary N) is 1. The Morgan fingerprint density at radius 2 is 1.48 bits per heavy atom. The highest BCUT2D eigenvalue weighted by Crippen LogP contribution is 2.16. The summed E-state index contributed by atoms with van der Waals surface area (Å²) in [7, 11) is 0. The van der Waals surface area contributed by atoms with Gasteiger partial charge in [0.25, 0.3) is 0 Å². The van der Waals surface area contributed by atoms with Crippen molar-refractivity contribution in [1.29, 1.82) is 0 Å². The Kier molecular flexibility index (Phi) is 4.32. The van der Waals surface area contributed by atoms with Gasteiger partial charge in [-0.1, -0.05) is 72.8 Å². The van der Waals surface area contributed by atoms with Gasteiger partial charge in [0.1, 0.15) is 0 Å². The highest BCUT2D eigenvalue weighted by atomic mass is 14.9. The lowest BCUT2D eigenvalue weighted by Gasteiger charge is -2.14. The lowest BCUT2D eigenvalue weighted by atomic mass is 10.0. The van der Waals surface area contributed by atoms with Gasteiger partial charge in [-0.15, -0.1) is 0 Å². The molecule has 3 aromatic rings. The van der Waals surface area contributed by atoms with Gasteiger partial charge in [-0.05, 0) is 35.2 Å². The maximum Gasteiger partial charge on any atom is 0.0208 e. The molecule has 0 amide bonds. The highest BCUT2D eigenvalue weighted by Gasteiger charge is 2.04. The van der Waals surface area contributed by atoms with E-state index >= 15 is 0 Å². The number of benzene rings is 3. The average molecular weight is 275 g/mol. The van der Waals surface area contributed by atoms with Crippen molar-refractivity contribution in [1.82, 2.24) is 5.32 Å². The predicted octanol–water partition coefficient (Wildman–Crippen LogP) is 4.56. The minimum absolute atomic E-state index is 0.464. The van der Waals surface area contributed by atoms with Crippen LogP contribution in [0.15, 0.2) is 72.8 Å². The molecule has 3 aromatic carbocycles. The van der Waals surface area contributed by atoms with E-state index in [0.717, 1.165) is 13.0 Å². The van der Waals surface area contributed by atoms with Gasteiger partial charge in [0, 0.05) is 12.6 Å². The Morgan fingerprint density at radius 1 is 0.762 bits per heavy atom. The molecule has 0 unspecified atom stereocenters. The monoisotopic (exact) mass is 275 g/mol. The van der Waals surface area contributed by atoms with E-state index in [1.165, 1.54) is 21.9 Å². The van der Waals surface area contributed by atoms with Gasteiger partial charge in [-0.25, -0.2) is 0 Å². The van der Waals surface area contributed by atoms with Crippen LogP contribution in [0.3, 0.4) is 0 Å². The van der Waals surface area contributed by atoms with E-state index in [2.05, 4.69) is 85.0 Å². The molecule has 1 nitrogen and oxygen atoms in total. The molecule has 3 rings (SSSR count). The molecule has 0 saturated heterocycles. The van der Waals surface area contributed by atoms with Crippen molar-refractivity contribution in [2.75, 3.05) is 0 Å². The molecule has 0 bridgehead atoms. The second kappa shape index (κ2) is 6.55. The van der Waals surface area contributed by atoms with Crippen LogP contribution in [0.1, 0.15) is 18.1 Å². The Morgan fingerprint density at radius 3 is 2.29 bits per heavy atom. The SMILES string of the molecule is C[C@H](Cc1ccc2ccccc2c1)NCc1ccccc1. The van der Waals surface area contributed by atoms with E-state index in [1.54, 1.807) is 0 Å². The third-order valence-electron chi connectivity index (χ3n) is 3.85. The fourth-order valence-corrected chi connectivity index (χ4v) is 2.68. The summed E-state index contributed by atoms with van der Waals surface area (Å²) in [6, 6.07) is 26.3. The molecule has 0 radical (unpaired) electrons. The summed E-state index contributed by atoms with van der Waals surface area (Å²) in [4.78, 5) is 0. The predicted molar refractivity (Wildman–Crippen MR) is 90.4 cm³/mol. The summed E-state index contributed by atoms with van der Waals surface area (Å²) in [5.41, 5.74) is 2.73. The van der Waals surface area contributed by atoms with Crippen molar-refractivity contribution in [3.8, 4) is 0 Å². The minimum atomic E-state index is 0.464. The normalized spacial score (nSPS) is 12.4. The molecule has 1 heteroatoms. The highest BCUT2D eigenvalue weighted by molar-refractivity contribution is 5.82. The van der Waals surface area contributed by atoms with Crippen LogP contribution in [0.2, 0.25) is 0 Å². The van der Waals surface area contributed by atoms with Crippen LogP contribution in [0.4, 0.5) is 0 Å². The van der Waals surface area contributed by atoms with Gasteiger partial charge >= 0.3 is 0 Å². The van der Waals surface area contributed by atoms with Gasteiger partial charge < -0.3 is 5.32 Å². The summed E-state index contributed by atoms with van der Waals surface area (Å²) in [5.74, 6) is 0. The lowest BCUT2D eigenvalue weighted by Crippen LogP contribution is -2.27. The van der Waals surface area contributed by atoms with Crippen molar-refractivity contribution in [3.63, 3.8) is 0 Å². The molecule has 1 atom stereocenters. The summed E-state index contributed by atoms with van der Waals surface area (Å²) >= 11 is 0. The second-order valence-corrected chi connectivity index (χ2v) is 5.65. The van der Waals surface area contributed by atoms with Gasteiger partial charge in [0.05, 0.1) is 0 Å². The molecule has 0 aromatic heterocycles. The van der Waals surface area contributed by atoms with Gasteiger partial charge in [-0.2, -0.15) is 0 Å². The molecule has 0 spiro atoms. The quantitative estimate of drug-likeness (QED) is 0.719. The Labute approximate surface area is 126 Å². The van der Waals surface area contributed by atoms with Gasteiger partial charge in [0.15, 0.2) is 0 Å². The van der Waals surface area contributed by atoms with E-state index in [0.29, 0.717) is 6.04 Å². The van der Waals surface area contributed by atoms with Crippen LogP contribution in [-0.4, -0.2) is 6.04 Å². The topological polar surface area (TPSA) is 12.0 Å². The Balaban J connectivity index is 1.62. The van der Waals surface area contributed by atoms with Crippen molar-refractivity contribution < 1.29 is 0 Å². The van der Waals surface area contributed by atoms with E-state index in [-0.39, 0.29) is 0 Å². The van der Waals surface area contributed by atoms with Crippen molar-refractivity contribution in [2.24, 2.45) is 0 Å². The molecule has 21 heavy (non-hydrogen) atoms. The molecule has 0 saturated carbocycles. The zero-order valence-corrected chi connectivity index (χ0v) is 12.4. The van der Waals surface area contributed by atoms with Crippen LogP contribution in [0.5, 0.6) is 0 Å². The first kappa shape index (κ1) is 13.8. The molecule has 0 heterocycles. The number of hydrogen-bond acceptors (Lipinski definition) is 1. The van der Waals surface area contributed by atoms with Crippen LogP contribution >= 0.6 is 0 Å².